The summed E-state index contributed by atoms with van der Waals surface area (Å²) in [7, 11) is 0. The predicted octanol–water partition coefficient (Wildman–Crippen LogP) is 5.37. The zero-order chi connectivity index (χ0) is 19.8. The normalized spacial score (nSPS) is 10.8. The monoisotopic (exact) mass is 418 g/mol. The van der Waals surface area contributed by atoms with Crippen LogP contribution < -0.4 is 5.32 Å². The summed E-state index contributed by atoms with van der Waals surface area (Å²) >= 11 is 7.79. The Morgan fingerprint density at radius 1 is 1.18 bits per heavy atom. The number of aromatic nitrogens is 1. The third-order valence-electron chi connectivity index (χ3n) is 3.98. The average molecular weight is 419 g/mol. The number of amides is 1. The molecule has 0 atom stereocenters. The molecular weight excluding hydrogens is 399 g/mol. The molecule has 0 fully saturated rings. The van der Waals surface area contributed by atoms with Gasteiger partial charge in [0.25, 0.3) is 0 Å². The van der Waals surface area contributed by atoms with Crippen LogP contribution >= 0.6 is 23.4 Å². The molecule has 0 aliphatic carbocycles. The molecule has 0 aliphatic rings. The fourth-order valence-electron chi connectivity index (χ4n) is 2.54. The second kappa shape index (κ2) is 10.3. The van der Waals surface area contributed by atoms with Crippen LogP contribution in [0.3, 0.4) is 0 Å². The number of oxazole rings is 1. The Labute approximate surface area is 172 Å². The van der Waals surface area contributed by atoms with Gasteiger partial charge in [-0.15, -0.1) is 11.8 Å². The Bertz CT molecular complexity index is 915. The number of nitrogens with one attached hydrogen (secondary N) is 1. The third kappa shape index (κ3) is 6.11. The van der Waals surface area contributed by atoms with Gasteiger partial charge < -0.3 is 9.73 Å². The summed E-state index contributed by atoms with van der Waals surface area (Å²) in [6.07, 6.45) is 3.21. The molecule has 0 saturated heterocycles. The Balaban J connectivity index is 1.34. The van der Waals surface area contributed by atoms with Crippen LogP contribution in [0.4, 0.5) is 4.39 Å². The first-order valence-electron chi connectivity index (χ1n) is 8.96. The molecule has 7 heteroatoms. The minimum atomic E-state index is -0.235. The maximum absolute atomic E-state index is 12.8. The first-order valence-corrected chi connectivity index (χ1v) is 10.3. The number of thioether (sulfide) groups is 1. The molecule has 2 aromatic carbocycles. The average Bonchev–Trinajstić information content (AvgIpc) is 3.17. The van der Waals surface area contributed by atoms with Gasteiger partial charge in [-0.3, -0.25) is 4.79 Å². The van der Waals surface area contributed by atoms with Crippen LogP contribution in [0.15, 0.2) is 64.0 Å². The second-order valence-electron chi connectivity index (χ2n) is 6.10. The van der Waals surface area contributed by atoms with Crippen molar-refractivity contribution >= 4 is 29.3 Å². The van der Waals surface area contributed by atoms with E-state index in [2.05, 4.69) is 10.3 Å². The van der Waals surface area contributed by atoms with Crippen molar-refractivity contribution in [3.05, 3.63) is 71.5 Å². The van der Waals surface area contributed by atoms with Gasteiger partial charge in [-0.25, -0.2) is 9.37 Å². The zero-order valence-electron chi connectivity index (χ0n) is 15.2. The summed E-state index contributed by atoms with van der Waals surface area (Å²) in [5.74, 6) is 1.69. The molecule has 1 heterocycles. The highest BCUT2D eigenvalue weighted by Crippen LogP contribution is 2.28. The van der Waals surface area contributed by atoms with E-state index < -0.39 is 0 Å². The van der Waals surface area contributed by atoms with Crippen molar-refractivity contribution in [1.29, 1.82) is 0 Å². The van der Waals surface area contributed by atoms with E-state index in [1.54, 1.807) is 36.2 Å². The summed E-state index contributed by atoms with van der Waals surface area (Å²) in [5, 5.41) is 3.49. The first kappa shape index (κ1) is 20.4. The van der Waals surface area contributed by atoms with E-state index in [1.165, 1.54) is 12.1 Å². The van der Waals surface area contributed by atoms with Crippen LogP contribution in [0.5, 0.6) is 0 Å². The van der Waals surface area contributed by atoms with Crippen molar-refractivity contribution in [3.8, 4) is 11.3 Å². The van der Waals surface area contributed by atoms with Gasteiger partial charge in [0.15, 0.2) is 11.7 Å². The number of benzene rings is 2. The lowest BCUT2D eigenvalue weighted by Gasteiger charge is -2.05. The Hall–Kier alpha value is -2.31. The van der Waals surface area contributed by atoms with Crippen molar-refractivity contribution in [2.45, 2.75) is 24.2 Å². The highest BCUT2D eigenvalue weighted by atomic mass is 35.5. The highest BCUT2D eigenvalue weighted by molar-refractivity contribution is 7.99. The third-order valence-corrected chi connectivity index (χ3v) is 5.41. The second-order valence-corrected chi connectivity index (χ2v) is 7.68. The maximum atomic E-state index is 12.8. The van der Waals surface area contributed by atoms with E-state index >= 15 is 0 Å². The molecule has 1 aromatic heterocycles. The minimum Gasteiger partial charge on any atom is -0.441 e. The van der Waals surface area contributed by atoms with Gasteiger partial charge in [-0.1, -0.05) is 23.7 Å². The topological polar surface area (TPSA) is 55.1 Å². The molecular formula is C21H20ClFN2O2S. The zero-order valence-corrected chi connectivity index (χ0v) is 16.7. The Morgan fingerprint density at radius 2 is 1.96 bits per heavy atom. The quantitative estimate of drug-likeness (QED) is 0.375. The molecule has 0 aliphatic heterocycles. The summed E-state index contributed by atoms with van der Waals surface area (Å²) < 4.78 is 18.5. The van der Waals surface area contributed by atoms with E-state index in [4.69, 9.17) is 16.0 Å². The Morgan fingerprint density at radius 3 is 2.75 bits per heavy atom. The largest absolute Gasteiger partial charge is 0.441 e. The number of nitrogens with zero attached hydrogens (tertiary/aromatic N) is 1. The summed E-state index contributed by atoms with van der Waals surface area (Å²) in [6.45, 7) is 0.601. The number of hydrogen-bond donors (Lipinski definition) is 1. The van der Waals surface area contributed by atoms with Crippen molar-refractivity contribution in [2.24, 2.45) is 0 Å². The fraction of sp³-hybridized carbons (Fsp3) is 0.238. The first-order chi connectivity index (χ1) is 13.6. The Kier molecular flexibility index (Phi) is 7.51. The minimum absolute atomic E-state index is 0.0377. The molecule has 0 radical (unpaired) electrons. The van der Waals surface area contributed by atoms with Crippen LogP contribution in [-0.4, -0.2) is 23.2 Å². The van der Waals surface area contributed by atoms with Crippen LogP contribution in [0, 0.1) is 5.82 Å². The number of halogens is 2. The number of carbonyl (C=O) groups excluding carboxylic acids is 1. The summed E-state index contributed by atoms with van der Waals surface area (Å²) in [5.41, 5.74) is 0.783. The lowest BCUT2D eigenvalue weighted by molar-refractivity contribution is -0.121. The molecule has 0 spiro atoms. The summed E-state index contributed by atoms with van der Waals surface area (Å²) in [6, 6.07) is 13.8. The molecule has 146 valence electrons. The van der Waals surface area contributed by atoms with Crippen LogP contribution in [0.2, 0.25) is 5.02 Å². The standard InChI is InChI=1S/C21H20ClFN2O2S/c22-18-5-2-1-4-17(18)19-14-25-21(27-19)11-10-20(26)24-12-3-13-28-16-8-6-15(23)7-9-16/h1-2,4-9,14H,3,10-13H2,(H,24,26). The lowest BCUT2D eigenvalue weighted by atomic mass is 10.2. The van der Waals surface area contributed by atoms with Crippen molar-refractivity contribution in [1.82, 2.24) is 10.3 Å². The highest BCUT2D eigenvalue weighted by Gasteiger charge is 2.11. The molecule has 3 aromatic rings. The maximum Gasteiger partial charge on any atom is 0.220 e. The molecule has 0 unspecified atom stereocenters. The fourth-order valence-corrected chi connectivity index (χ4v) is 3.62. The van der Waals surface area contributed by atoms with E-state index in [0.717, 1.165) is 22.6 Å². The summed E-state index contributed by atoms with van der Waals surface area (Å²) in [4.78, 5) is 17.2. The number of aryl methyl sites for hydroxylation is 1. The van der Waals surface area contributed by atoms with Gasteiger partial charge in [0, 0.05) is 29.8 Å². The molecule has 0 saturated carbocycles. The molecule has 0 bridgehead atoms. The van der Waals surface area contributed by atoms with Crippen molar-refractivity contribution < 1.29 is 13.6 Å². The van der Waals surface area contributed by atoms with Gasteiger partial charge in [-0.05, 0) is 48.6 Å². The van der Waals surface area contributed by atoms with Crippen LogP contribution in [0.25, 0.3) is 11.3 Å². The van der Waals surface area contributed by atoms with E-state index in [9.17, 15) is 9.18 Å². The van der Waals surface area contributed by atoms with Crippen LogP contribution in [0.1, 0.15) is 18.7 Å². The molecule has 3 rings (SSSR count). The van der Waals surface area contributed by atoms with Crippen LogP contribution in [-0.2, 0) is 11.2 Å². The SMILES string of the molecule is O=C(CCc1ncc(-c2ccccc2Cl)o1)NCCCSc1ccc(F)cc1. The van der Waals surface area contributed by atoms with Gasteiger partial charge >= 0.3 is 0 Å². The number of carbonyl (C=O) groups is 1. The molecule has 28 heavy (non-hydrogen) atoms. The van der Waals surface area contributed by atoms with E-state index in [-0.39, 0.29) is 11.7 Å². The van der Waals surface area contributed by atoms with E-state index in [1.807, 2.05) is 18.2 Å². The molecule has 1 amide bonds. The predicted molar refractivity (Wildman–Crippen MR) is 110 cm³/mol. The number of hydrogen-bond acceptors (Lipinski definition) is 4. The molecule has 4 nitrogen and oxygen atoms in total. The smallest absolute Gasteiger partial charge is 0.220 e. The number of rotatable bonds is 9. The lowest BCUT2D eigenvalue weighted by Crippen LogP contribution is -2.25. The van der Waals surface area contributed by atoms with E-state index in [0.29, 0.717) is 36.1 Å². The van der Waals surface area contributed by atoms with Gasteiger partial charge in [0.1, 0.15) is 5.82 Å². The molecule has 1 N–H and O–H groups in total. The van der Waals surface area contributed by atoms with Gasteiger partial charge in [0.05, 0.1) is 11.2 Å². The van der Waals surface area contributed by atoms with Gasteiger partial charge in [0.2, 0.25) is 5.91 Å². The van der Waals surface area contributed by atoms with Crippen molar-refractivity contribution in [2.75, 3.05) is 12.3 Å². The van der Waals surface area contributed by atoms with Gasteiger partial charge in [-0.2, -0.15) is 0 Å². The van der Waals surface area contributed by atoms with Crippen molar-refractivity contribution in [3.63, 3.8) is 0 Å².